The topological polar surface area (TPSA) is 75.9 Å². The van der Waals surface area contributed by atoms with Crippen LogP contribution in [0.2, 0.25) is 5.02 Å². The Morgan fingerprint density at radius 3 is 2.41 bits per heavy atom. The number of non-ortho nitro benzene ring substituents is 1. The predicted molar refractivity (Wildman–Crippen MR) is 103 cm³/mol. The minimum Gasteiger partial charge on any atom is -0.481 e. The summed E-state index contributed by atoms with van der Waals surface area (Å²) in [4.78, 5) is 26.8. The molecule has 1 aliphatic heterocycles. The van der Waals surface area contributed by atoms with E-state index in [2.05, 4.69) is 4.90 Å². The molecule has 1 fully saturated rings. The smallest absolute Gasteiger partial charge is 0.269 e. The highest BCUT2D eigenvalue weighted by Crippen LogP contribution is 2.22. The first kappa shape index (κ1) is 19.0. The minimum absolute atomic E-state index is 0.0690. The third-order valence-corrected chi connectivity index (χ3v) is 4.71. The number of hydrogen-bond donors (Lipinski definition) is 0. The van der Waals surface area contributed by atoms with Gasteiger partial charge >= 0.3 is 0 Å². The lowest BCUT2D eigenvalue weighted by atomic mass is 10.2. The number of rotatable bonds is 5. The van der Waals surface area contributed by atoms with Crippen LogP contribution < -0.4 is 9.64 Å². The van der Waals surface area contributed by atoms with E-state index in [1.165, 1.54) is 12.1 Å². The largest absolute Gasteiger partial charge is 0.481 e. The number of carbonyl (C=O) groups excluding carboxylic acids is 1. The van der Waals surface area contributed by atoms with E-state index in [0.717, 1.165) is 5.69 Å². The van der Waals surface area contributed by atoms with Gasteiger partial charge in [-0.05, 0) is 37.3 Å². The molecule has 1 aliphatic rings. The maximum atomic E-state index is 12.6. The van der Waals surface area contributed by atoms with Gasteiger partial charge in [-0.15, -0.1) is 0 Å². The summed E-state index contributed by atoms with van der Waals surface area (Å²) in [6.07, 6.45) is -0.602. The maximum absolute atomic E-state index is 12.6. The molecule has 0 bridgehead atoms. The van der Waals surface area contributed by atoms with Gasteiger partial charge in [-0.3, -0.25) is 14.9 Å². The molecule has 2 aromatic carbocycles. The summed E-state index contributed by atoms with van der Waals surface area (Å²) in [7, 11) is 0. The highest BCUT2D eigenvalue weighted by Gasteiger charge is 2.26. The van der Waals surface area contributed by atoms with Crippen LogP contribution in [0.3, 0.4) is 0 Å². The Morgan fingerprint density at radius 1 is 1.15 bits per heavy atom. The van der Waals surface area contributed by atoms with Crippen molar-refractivity contribution in [2.75, 3.05) is 31.1 Å². The van der Waals surface area contributed by atoms with Crippen LogP contribution in [-0.4, -0.2) is 48.0 Å². The fourth-order valence-corrected chi connectivity index (χ4v) is 3.20. The normalized spacial score (nSPS) is 15.3. The Hall–Kier alpha value is -2.80. The molecule has 142 valence electrons. The van der Waals surface area contributed by atoms with E-state index in [0.29, 0.717) is 37.0 Å². The zero-order chi connectivity index (χ0) is 19.4. The highest BCUT2D eigenvalue weighted by molar-refractivity contribution is 6.30. The molecule has 0 radical (unpaired) electrons. The van der Waals surface area contributed by atoms with Crippen molar-refractivity contribution >= 4 is 28.9 Å². The van der Waals surface area contributed by atoms with E-state index in [1.54, 1.807) is 48.2 Å². The van der Waals surface area contributed by atoms with Gasteiger partial charge < -0.3 is 14.5 Å². The first-order valence-corrected chi connectivity index (χ1v) is 9.02. The Bertz CT molecular complexity index is 820. The average molecular weight is 390 g/mol. The molecule has 27 heavy (non-hydrogen) atoms. The summed E-state index contributed by atoms with van der Waals surface area (Å²) in [5.74, 6) is 0.492. The van der Waals surface area contributed by atoms with E-state index >= 15 is 0 Å². The zero-order valence-corrected chi connectivity index (χ0v) is 15.6. The number of halogens is 1. The van der Waals surface area contributed by atoms with Crippen molar-refractivity contribution in [3.8, 4) is 5.75 Å². The lowest BCUT2D eigenvalue weighted by molar-refractivity contribution is -0.384. The van der Waals surface area contributed by atoms with Gasteiger partial charge in [-0.25, -0.2) is 0 Å². The molecule has 0 saturated carbocycles. The Balaban J connectivity index is 1.54. The van der Waals surface area contributed by atoms with Crippen molar-refractivity contribution in [2.45, 2.75) is 13.0 Å². The third-order valence-electron chi connectivity index (χ3n) is 4.47. The third kappa shape index (κ3) is 4.68. The number of anilines is 1. The number of nitro groups is 1. The van der Waals surface area contributed by atoms with E-state index in [1.807, 2.05) is 0 Å². The number of nitrogens with zero attached hydrogens (tertiary/aromatic N) is 3. The Morgan fingerprint density at radius 2 is 1.81 bits per heavy atom. The molecule has 1 heterocycles. The van der Waals surface area contributed by atoms with Gasteiger partial charge in [0.2, 0.25) is 0 Å². The van der Waals surface area contributed by atoms with Crippen LogP contribution in [0, 0.1) is 10.1 Å². The van der Waals surface area contributed by atoms with Crippen LogP contribution in [0.25, 0.3) is 0 Å². The number of amides is 1. The first-order valence-electron chi connectivity index (χ1n) is 8.64. The summed E-state index contributed by atoms with van der Waals surface area (Å²) in [6, 6.07) is 13.4. The fraction of sp³-hybridized carbons (Fsp3) is 0.316. The first-order chi connectivity index (χ1) is 12.9. The standard InChI is InChI=1S/C19H20ClN3O4/c1-14(27-18-4-2-3-15(20)13-18)19(24)22-11-9-21(10-12-22)16-5-7-17(8-6-16)23(25)26/h2-8,13-14H,9-12H2,1H3/t14-/m1/s1. The molecule has 1 atom stereocenters. The fourth-order valence-electron chi connectivity index (χ4n) is 3.02. The van der Waals surface area contributed by atoms with Gasteiger partial charge in [0.05, 0.1) is 4.92 Å². The maximum Gasteiger partial charge on any atom is 0.269 e. The Kier molecular flexibility index (Phi) is 5.81. The van der Waals surface area contributed by atoms with Crippen LogP contribution >= 0.6 is 11.6 Å². The number of hydrogen-bond acceptors (Lipinski definition) is 5. The lowest BCUT2D eigenvalue weighted by Gasteiger charge is -2.37. The van der Waals surface area contributed by atoms with Crippen molar-refractivity contribution in [3.63, 3.8) is 0 Å². The van der Waals surface area contributed by atoms with Crippen molar-refractivity contribution in [1.29, 1.82) is 0 Å². The molecule has 0 aliphatic carbocycles. The minimum atomic E-state index is -0.602. The SMILES string of the molecule is C[C@@H](Oc1cccc(Cl)c1)C(=O)N1CCN(c2ccc([N+](=O)[O-])cc2)CC1. The van der Waals surface area contributed by atoms with E-state index in [9.17, 15) is 14.9 Å². The summed E-state index contributed by atoms with van der Waals surface area (Å²) >= 11 is 5.94. The number of nitro benzene ring substituents is 1. The summed E-state index contributed by atoms with van der Waals surface area (Å²) in [5.41, 5.74) is 0.982. The van der Waals surface area contributed by atoms with Gasteiger partial charge in [0, 0.05) is 49.0 Å². The molecular formula is C19H20ClN3O4. The summed E-state index contributed by atoms with van der Waals surface area (Å²) in [5, 5.41) is 11.3. The monoisotopic (exact) mass is 389 g/mol. The quantitative estimate of drug-likeness (QED) is 0.579. The molecule has 0 unspecified atom stereocenters. The van der Waals surface area contributed by atoms with Crippen LogP contribution in [-0.2, 0) is 4.79 Å². The van der Waals surface area contributed by atoms with Crippen molar-refractivity contribution in [3.05, 3.63) is 63.7 Å². The van der Waals surface area contributed by atoms with Crippen molar-refractivity contribution in [2.24, 2.45) is 0 Å². The molecule has 1 amide bonds. The molecule has 2 aromatic rings. The molecule has 7 nitrogen and oxygen atoms in total. The van der Waals surface area contributed by atoms with Gasteiger partial charge in [-0.1, -0.05) is 17.7 Å². The Labute approximate surface area is 162 Å². The molecule has 0 aromatic heterocycles. The van der Waals surface area contributed by atoms with E-state index in [-0.39, 0.29) is 11.6 Å². The van der Waals surface area contributed by atoms with Crippen LogP contribution in [0.1, 0.15) is 6.92 Å². The lowest BCUT2D eigenvalue weighted by Crippen LogP contribution is -2.52. The molecular weight excluding hydrogens is 370 g/mol. The number of benzene rings is 2. The van der Waals surface area contributed by atoms with E-state index < -0.39 is 11.0 Å². The van der Waals surface area contributed by atoms with Crippen molar-refractivity contribution in [1.82, 2.24) is 4.90 Å². The molecule has 8 heteroatoms. The predicted octanol–water partition coefficient (Wildman–Crippen LogP) is 3.36. The van der Waals surface area contributed by atoms with Gasteiger partial charge in [-0.2, -0.15) is 0 Å². The zero-order valence-electron chi connectivity index (χ0n) is 14.9. The van der Waals surface area contributed by atoms with Gasteiger partial charge in [0.1, 0.15) is 5.75 Å². The second-order valence-electron chi connectivity index (χ2n) is 6.30. The second kappa shape index (κ2) is 8.26. The molecule has 3 rings (SSSR count). The van der Waals surface area contributed by atoms with E-state index in [4.69, 9.17) is 16.3 Å². The molecule has 0 spiro atoms. The summed E-state index contributed by atoms with van der Waals surface area (Å²) in [6.45, 7) is 4.19. The van der Waals surface area contributed by atoms with Gasteiger partial charge in [0.25, 0.3) is 11.6 Å². The average Bonchev–Trinajstić information content (AvgIpc) is 2.67. The van der Waals surface area contributed by atoms with Crippen LogP contribution in [0.4, 0.5) is 11.4 Å². The number of piperazine rings is 1. The number of carbonyl (C=O) groups is 1. The molecule has 1 saturated heterocycles. The highest BCUT2D eigenvalue weighted by atomic mass is 35.5. The van der Waals surface area contributed by atoms with Crippen LogP contribution in [0.5, 0.6) is 5.75 Å². The number of ether oxygens (including phenoxy) is 1. The summed E-state index contributed by atoms with van der Waals surface area (Å²) < 4.78 is 5.70. The molecule has 0 N–H and O–H groups in total. The van der Waals surface area contributed by atoms with Crippen LogP contribution in [0.15, 0.2) is 48.5 Å². The second-order valence-corrected chi connectivity index (χ2v) is 6.74. The van der Waals surface area contributed by atoms with Gasteiger partial charge in [0.15, 0.2) is 6.10 Å². The van der Waals surface area contributed by atoms with Crippen molar-refractivity contribution < 1.29 is 14.5 Å².